The summed E-state index contributed by atoms with van der Waals surface area (Å²) in [6.45, 7) is 7.72. The molecular weight excluding hydrogens is 659 g/mol. The van der Waals surface area contributed by atoms with Crippen LogP contribution in [0, 0.1) is 228 Å². The highest BCUT2D eigenvalue weighted by molar-refractivity contribution is 7.49. The lowest BCUT2D eigenvalue weighted by atomic mass is 9.98. The van der Waals surface area contributed by atoms with Gasteiger partial charge in [0, 0.05) is 143 Å². The van der Waals surface area contributed by atoms with E-state index in [2.05, 4.69) is 216 Å². The van der Waals surface area contributed by atoms with E-state index in [-0.39, 0.29) is 60.2 Å². The predicted octanol–water partition coefficient (Wildman–Crippen LogP) is 12.5. The average molecular weight is 745 g/mol. The molecule has 52 heavy (non-hydrogen) atoms. The van der Waals surface area contributed by atoms with Gasteiger partial charge in [0.15, 0.2) is 0 Å². The molecule has 0 amide bonds. The number of aryl methyl sites for hydroxylation is 2. The summed E-state index contributed by atoms with van der Waals surface area (Å²) in [6, 6.07) is 3.82. The quantitative estimate of drug-likeness (QED) is 0.222. The van der Waals surface area contributed by atoms with Gasteiger partial charge in [0.05, 0.1) is 0 Å². The molecule has 0 bridgehead atoms. The molecule has 4 nitrogen and oxygen atoms in total. The van der Waals surface area contributed by atoms with Crippen molar-refractivity contribution in [3.8, 4) is 220 Å². The number of hydrogen-bond donors (Lipinski definition) is 0. The highest BCUT2D eigenvalue weighted by Crippen LogP contribution is 2.50. The molecule has 1 aromatic carbocycles. The smallest absolute Gasteiger partial charge is 0.384 e. The van der Waals surface area contributed by atoms with Gasteiger partial charge in [-0.1, -0.05) is 26.0 Å². The van der Waals surface area contributed by atoms with Gasteiger partial charge in [-0.15, -0.1) is 12.8 Å². The van der Waals surface area contributed by atoms with Crippen LogP contribution < -0.4 is 4.52 Å². The molecule has 0 N–H and O–H groups in total. The highest BCUT2D eigenvalue weighted by Gasteiger charge is 2.33. The molecule has 302 valence electrons. The van der Waals surface area contributed by atoms with E-state index in [0.29, 0.717) is 11.1 Å². The lowest BCUT2D eigenvalue weighted by molar-refractivity contribution is 0.270. The van der Waals surface area contributed by atoms with Gasteiger partial charge in [-0.25, -0.2) is 0 Å². The molecule has 0 aliphatic carbocycles. The van der Waals surface area contributed by atoms with Crippen LogP contribution in [0.5, 0.6) is 5.75 Å². The van der Waals surface area contributed by atoms with Crippen molar-refractivity contribution in [2.45, 2.75) is 33.6 Å². The molecule has 0 spiro atoms. The zero-order valence-electron chi connectivity index (χ0n) is 28.0. The molecule has 0 aliphatic heterocycles. The Morgan fingerprint density at radius 1 is 0.481 bits per heavy atom. The van der Waals surface area contributed by atoms with Gasteiger partial charge in [-0.05, 0) is 131 Å². The van der Waals surface area contributed by atoms with Crippen LogP contribution in [-0.4, -0.2) is 0 Å². The standard InChI is InChI=1S/C47H17O4P.34H2/c1-7-9-11-13-15-17-19-21-23-25-27-29-31-33-35-37-39-49-52(48,51-47-44(5)41-46(43(3)4)42-45(47)6)50-40-38-36-34-32-30-28-26-24-22-20-18-16-14-12-10-8-2;;;;;;;;;;;;;;;;;;;;;;;;;;;;;;;;;;/h1-2,41-43H,3-6H3;34*1H. The van der Waals surface area contributed by atoms with Crippen LogP contribution in [0.3, 0.4) is 0 Å². The molecule has 0 heterocycles. The SMILES string of the molecule is C#CC#CC#CC#CC#CC#CC#CC#CC#COP(=O)(OC#CC#CC#CC#CC#CC#CC#CC#CC#C)Oc1c(C)cc(C(C)C)cc1C.[HH].[HH].[HH].[HH].[HH].[HH].[HH].[HH].[HH].[HH].[HH].[HH].[HH].[HH].[HH].[HH].[HH].[HH].[HH].[HH].[HH].[HH].[HH].[HH].[HH].[HH].[HH].[HH].[HH].[HH].[HH].[HH].[HH].[HH]. The van der Waals surface area contributed by atoms with Crippen LogP contribution >= 0.6 is 7.82 Å². The Labute approximate surface area is 358 Å². The Kier molecular flexibility index (Phi) is 21.3. The maximum Gasteiger partial charge on any atom is 0.664 e. The second-order valence-corrected chi connectivity index (χ2v) is 10.0. The zero-order valence-corrected chi connectivity index (χ0v) is 28.9. The lowest BCUT2D eigenvalue weighted by Crippen LogP contribution is -2.01. The zero-order chi connectivity index (χ0) is 38.0. The summed E-state index contributed by atoms with van der Waals surface area (Å²) < 4.78 is 29.5. The van der Waals surface area contributed by atoms with Crippen molar-refractivity contribution in [2.75, 3.05) is 0 Å². The van der Waals surface area contributed by atoms with Crippen LogP contribution in [0.15, 0.2) is 12.1 Å². The van der Waals surface area contributed by atoms with E-state index in [1.54, 1.807) is 13.8 Å². The van der Waals surface area contributed by atoms with E-state index >= 15 is 0 Å². The van der Waals surface area contributed by atoms with Crippen LogP contribution in [0.2, 0.25) is 0 Å². The predicted molar refractivity (Wildman–Crippen MR) is 274 cm³/mol. The van der Waals surface area contributed by atoms with Gasteiger partial charge in [0.2, 0.25) is 0 Å². The summed E-state index contributed by atoms with van der Waals surface area (Å²) >= 11 is 0. The fourth-order valence-electron chi connectivity index (χ4n) is 2.72. The largest absolute Gasteiger partial charge is 0.664 e. The van der Waals surface area contributed by atoms with E-state index in [4.69, 9.17) is 26.4 Å². The maximum absolute atomic E-state index is 13.5. The van der Waals surface area contributed by atoms with Gasteiger partial charge in [0.25, 0.3) is 0 Å². The molecular formula is C47H85O4P. The number of hydrogen-bond acceptors (Lipinski definition) is 4. The molecule has 0 aromatic heterocycles. The Balaban J connectivity index is -0.0000000249. The summed E-state index contributed by atoms with van der Waals surface area (Å²) in [5, 5.41) is 0. The van der Waals surface area contributed by atoms with E-state index < -0.39 is 7.82 Å². The van der Waals surface area contributed by atoms with E-state index in [0.717, 1.165) is 5.56 Å². The fourth-order valence-corrected chi connectivity index (χ4v) is 3.66. The van der Waals surface area contributed by atoms with Crippen molar-refractivity contribution in [3.05, 3.63) is 28.8 Å². The van der Waals surface area contributed by atoms with Gasteiger partial charge >= 0.3 is 7.82 Å². The molecule has 0 saturated heterocycles. The van der Waals surface area contributed by atoms with Crippen molar-refractivity contribution >= 4 is 7.82 Å². The third-order valence-electron chi connectivity index (χ3n) is 4.66. The number of phosphoric ester groups is 1. The van der Waals surface area contributed by atoms with Crippen molar-refractivity contribution in [1.82, 2.24) is 0 Å². The molecule has 0 saturated carbocycles. The molecule has 1 aromatic rings. The summed E-state index contributed by atoms with van der Waals surface area (Å²) in [5.74, 6) is 77.9. The lowest BCUT2D eigenvalue weighted by Gasteiger charge is -2.17. The summed E-state index contributed by atoms with van der Waals surface area (Å²) in [4.78, 5) is 0. The van der Waals surface area contributed by atoms with Crippen LogP contribution in [0.25, 0.3) is 0 Å². The van der Waals surface area contributed by atoms with Crippen molar-refractivity contribution in [3.63, 3.8) is 0 Å². The van der Waals surface area contributed by atoms with Gasteiger partial charge in [-0.3, -0.25) is 0 Å². The summed E-state index contributed by atoms with van der Waals surface area (Å²) in [7, 11) is -4.41. The normalized spacial score (nSPS) is 6.52. The summed E-state index contributed by atoms with van der Waals surface area (Å²) in [6.07, 6.45) is 14.3. The topological polar surface area (TPSA) is 44.8 Å². The highest BCUT2D eigenvalue weighted by atomic mass is 31.2. The molecule has 0 atom stereocenters. The van der Waals surface area contributed by atoms with E-state index in [1.807, 2.05) is 12.1 Å². The van der Waals surface area contributed by atoms with Crippen molar-refractivity contribution < 1.29 is 66.6 Å². The number of benzene rings is 1. The molecule has 0 unspecified atom stereocenters. The van der Waals surface area contributed by atoms with Crippen LogP contribution in [0.1, 0.15) is 85.0 Å². The van der Waals surface area contributed by atoms with Gasteiger partial charge in [0.1, 0.15) is 18.0 Å². The van der Waals surface area contributed by atoms with Gasteiger partial charge in [-0.2, -0.15) is 4.57 Å². The molecule has 5 heteroatoms. The first-order valence-electron chi connectivity index (χ1n) is 14.0. The van der Waals surface area contributed by atoms with Gasteiger partial charge < -0.3 is 13.6 Å². The first-order valence-corrected chi connectivity index (χ1v) is 15.5. The summed E-state index contributed by atoms with van der Waals surface area (Å²) in [5.41, 5.74) is 2.48. The second-order valence-electron chi connectivity index (χ2n) is 8.60. The monoisotopic (exact) mass is 745 g/mol. The molecule has 0 aliphatic rings. The molecule has 0 fully saturated rings. The van der Waals surface area contributed by atoms with E-state index in [9.17, 15) is 4.57 Å². The maximum atomic E-state index is 13.5. The van der Waals surface area contributed by atoms with Crippen molar-refractivity contribution in [2.24, 2.45) is 0 Å². The van der Waals surface area contributed by atoms with Crippen LogP contribution in [0.4, 0.5) is 0 Å². The molecule has 1 rings (SSSR count). The minimum absolute atomic E-state index is 0. The average Bonchev–Trinajstić information content (AvgIpc) is 3.12. The Morgan fingerprint density at radius 3 is 0.981 bits per heavy atom. The third-order valence-corrected chi connectivity index (χ3v) is 5.70. The molecule has 0 radical (unpaired) electrons. The van der Waals surface area contributed by atoms with Crippen LogP contribution in [-0.2, 0) is 13.6 Å². The first kappa shape index (κ1) is 41.0. The Hall–Kier alpha value is -9.07. The second kappa shape index (κ2) is 27.1. The number of terminal acetylenes is 2. The number of phosphoric acid groups is 1. The first-order chi connectivity index (χ1) is 25.3. The van der Waals surface area contributed by atoms with Crippen molar-refractivity contribution in [1.29, 1.82) is 0 Å². The Bertz CT molecular complexity index is 2700. The Morgan fingerprint density at radius 2 is 0.731 bits per heavy atom. The minimum atomic E-state index is -4.41. The third kappa shape index (κ3) is 20.9. The number of rotatable bonds is 5. The fraction of sp³-hybridized carbons (Fsp3) is 0.106. The minimum Gasteiger partial charge on any atom is -0.384 e. The van der Waals surface area contributed by atoms with E-state index in [1.165, 1.54) is 0 Å².